The van der Waals surface area contributed by atoms with Crippen molar-refractivity contribution in [1.29, 1.82) is 0 Å². The third-order valence-electron chi connectivity index (χ3n) is 3.74. The van der Waals surface area contributed by atoms with Crippen molar-refractivity contribution in [2.24, 2.45) is 0 Å². The van der Waals surface area contributed by atoms with Crippen molar-refractivity contribution in [2.75, 3.05) is 12.9 Å². The molecule has 0 fully saturated rings. The number of para-hydroxylation sites is 1. The Morgan fingerprint density at radius 2 is 1.92 bits per heavy atom. The molecular formula is C19H20F3NO2S. The first-order chi connectivity index (χ1) is 12.3. The van der Waals surface area contributed by atoms with Crippen molar-refractivity contribution < 1.29 is 22.7 Å². The maximum Gasteiger partial charge on any atom is 0.416 e. The van der Waals surface area contributed by atoms with Gasteiger partial charge in [0.2, 0.25) is 5.91 Å². The molecule has 0 heterocycles. The Bertz CT molecular complexity index is 750. The summed E-state index contributed by atoms with van der Waals surface area (Å²) in [5, 5.41) is 2.87. The summed E-state index contributed by atoms with van der Waals surface area (Å²) in [5.41, 5.74) is 0.728. The number of halogens is 3. The zero-order chi connectivity index (χ0) is 19.2. The summed E-state index contributed by atoms with van der Waals surface area (Å²) in [6, 6.07) is 12.3. The molecule has 26 heavy (non-hydrogen) atoms. The third-order valence-corrected chi connectivity index (χ3v) is 4.74. The molecule has 0 aliphatic carbocycles. The molecule has 2 rings (SSSR count). The zero-order valence-electron chi connectivity index (χ0n) is 14.5. The number of hydrogen-bond donors (Lipinski definition) is 1. The van der Waals surface area contributed by atoms with Crippen LogP contribution in [0.4, 0.5) is 13.2 Å². The van der Waals surface area contributed by atoms with Gasteiger partial charge in [-0.15, -0.1) is 11.8 Å². The van der Waals surface area contributed by atoms with Crippen LogP contribution in [-0.2, 0) is 16.7 Å². The molecule has 1 atom stereocenters. The van der Waals surface area contributed by atoms with E-state index in [0.29, 0.717) is 17.1 Å². The smallest absolute Gasteiger partial charge is 0.416 e. The fraction of sp³-hybridized carbons (Fsp3) is 0.316. The van der Waals surface area contributed by atoms with Gasteiger partial charge in [0.15, 0.2) is 0 Å². The van der Waals surface area contributed by atoms with Gasteiger partial charge in [-0.1, -0.05) is 36.4 Å². The average molecular weight is 383 g/mol. The molecule has 0 radical (unpaired) electrons. The number of carbonyl (C=O) groups is 1. The lowest BCUT2D eigenvalue weighted by Crippen LogP contribution is -2.28. The van der Waals surface area contributed by atoms with Gasteiger partial charge in [-0.05, 0) is 24.6 Å². The fourth-order valence-electron chi connectivity index (χ4n) is 2.48. The first-order valence-electron chi connectivity index (χ1n) is 7.97. The molecule has 7 heteroatoms. The van der Waals surface area contributed by atoms with E-state index in [-0.39, 0.29) is 17.7 Å². The second kappa shape index (κ2) is 8.98. The topological polar surface area (TPSA) is 38.3 Å². The summed E-state index contributed by atoms with van der Waals surface area (Å²) < 4.78 is 43.4. The van der Waals surface area contributed by atoms with E-state index in [9.17, 15) is 18.0 Å². The minimum Gasteiger partial charge on any atom is -0.496 e. The van der Waals surface area contributed by atoms with Crippen LogP contribution in [0.1, 0.15) is 29.7 Å². The summed E-state index contributed by atoms with van der Waals surface area (Å²) in [6.07, 6.45) is -4.36. The van der Waals surface area contributed by atoms with Crippen LogP contribution in [0.15, 0.2) is 48.5 Å². The van der Waals surface area contributed by atoms with Crippen molar-refractivity contribution in [3.63, 3.8) is 0 Å². The van der Waals surface area contributed by atoms with E-state index >= 15 is 0 Å². The zero-order valence-corrected chi connectivity index (χ0v) is 15.3. The molecule has 0 aliphatic heterocycles. The van der Waals surface area contributed by atoms with E-state index in [1.807, 2.05) is 31.2 Å². The van der Waals surface area contributed by atoms with Crippen LogP contribution in [0, 0.1) is 0 Å². The van der Waals surface area contributed by atoms with Crippen LogP contribution in [0.3, 0.4) is 0 Å². The number of alkyl halides is 3. The van der Waals surface area contributed by atoms with Crippen molar-refractivity contribution >= 4 is 17.7 Å². The van der Waals surface area contributed by atoms with Crippen LogP contribution in [0.2, 0.25) is 0 Å². The highest BCUT2D eigenvalue weighted by Gasteiger charge is 2.30. The molecule has 3 nitrogen and oxygen atoms in total. The molecule has 1 amide bonds. The van der Waals surface area contributed by atoms with Crippen molar-refractivity contribution in [3.05, 3.63) is 65.2 Å². The maximum atomic E-state index is 12.7. The Hall–Kier alpha value is -2.15. The SMILES string of the molecule is COc1ccccc1C(C)NC(=O)CSCc1cccc(C(F)(F)F)c1. The normalized spacial score (nSPS) is 12.5. The summed E-state index contributed by atoms with van der Waals surface area (Å²) >= 11 is 1.27. The highest BCUT2D eigenvalue weighted by Crippen LogP contribution is 2.30. The lowest BCUT2D eigenvalue weighted by Gasteiger charge is -2.17. The van der Waals surface area contributed by atoms with E-state index < -0.39 is 11.7 Å². The Morgan fingerprint density at radius 1 is 1.19 bits per heavy atom. The van der Waals surface area contributed by atoms with Gasteiger partial charge in [0.1, 0.15) is 5.75 Å². The van der Waals surface area contributed by atoms with E-state index in [1.54, 1.807) is 13.2 Å². The number of hydrogen-bond acceptors (Lipinski definition) is 3. The molecular weight excluding hydrogens is 363 g/mol. The van der Waals surface area contributed by atoms with Crippen LogP contribution >= 0.6 is 11.8 Å². The van der Waals surface area contributed by atoms with Crippen LogP contribution in [0.5, 0.6) is 5.75 Å². The lowest BCUT2D eigenvalue weighted by atomic mass is 10.1. The maximum absolute atomic E-state index is 12.7. The summed E-state index contributed by atoms with van der Waals surface area (Å²) in [6.45, 7) is 1.85. The summed E-state index contributed by atoms with van der Waals surface area (Å²) in [4.78, 5) is 12.1. The van der Waals surface area contributed by atoms with Gasteiger partial charge in [-0.2, -0.15) is 13.2 Å². The van der Waals surface area contributed by atoms with E-state index in [2.05, 4.69) is 5.32 Å². The number of methoxy groups -OCH3 is 1. The van der Waals surface area contributed by atoms with E-state index in [1.165, 1.54) is 17.8 Å². The van der Waals surface area contributed by atoms with Crippen LogP contribution in [-0.4, -0.2) is 18.8 Å². The predicted octanol–water partition coefficient (Wildman–Crippen LogP) is 4.82. The molecule has 0 saturated heterocycles. The molecule has 0 aromatic heterocycles. The minimum absolute atomic E-state index is 0.162. The monoisotopic (exact) mass is 383 g/mol. The molecule has 140 valence electrons. The van der Waals surface area contributed by atoms with Crippen LogP contribution in [0.25, 0.3) is 0 Å². The number of amides is 1. The van der Waals surface area contributed by atoms with Gasteiger partial charge < -0.3 is 10.1 Å². The average Bonchev–Trinajstić information content (AvgIpc) is 2.61. The Labute approximate surface area is 154 Å². The Morgan fingerprint density at radius 3 is 2.62 bits per heavy atom. The number of rotatable bonds is 7. The first-order valence-corrected chi connectivity index (χ1v) is 9.13. The predicted molar refractivity (Wildman–Crippen MR) is 97.2 cm³/mol. The largest absolute Gasteiger partial charge is 0.496 e. The molecule has 2 aromatic rings. The minimum atomic E-state index is -4.36. The molecule has 0 spiro atoms. The van der Waals surface area contributed by atoms with Gasteiger partial charge >= 0.3 is 6.18 Å². The van der Waals surface area contributed by atoms with Gasteiger partial charge in [-0.25, -0.2) is 0 Å². The van der Waals surface area contributed by atoms with Crippen molar-refractivity contribution in [2.45, 2.75) is 24.9 Å². The second-order valence-corrected chi connectivity index (χ2v) is 6.71. The summed E-state index contributed by atoms with van der Waals surface area (Å²) in [5.74, 6) is 1.01. The van der Waals surface area contributed by atoms with Gasteiger partial charge in [0.05, 0.1) is 24.5 Å². The molecule has 1 N–H and O–H groups in total. The lowest BCUT2D eigenvalue weighted by molar-refractivity contribution is -0.137. The molecule has 0 saturated carbocycles. The summed E-state index contributed by atoms with van der Waals surface area (Å²) in [7, 11) is 1.57. The molecule has 2 aromatic carbocycles. The number of thioether (sulfide) groups is 1. The van der Waals surface area contributed by atoms with E-state index in [4.69, 9.17) is 4.74 Å². The van der Waals surface area contributed by atoms with Crippen LogP contribution < -0.4 is 10.1 Å². The van der Waals surface area contributed by atoms with Gasteiger partial charge in [0, 0.05) is 11.3 Å². The Kier molecular flexibility index (Phi) is 6.97. The quantitative estimate of drug-likeness (QED) is 0.745. The molecule has 1 unspecified atom stereocenters. The fourth-order valence-corrected chi connectivity index (χ4v) is 3.27. The molecule has 0 aliphatic rings. The van der Waals surface area contributed by atoms with E-state index in [0.717, 1.165) is 17.7 Å². The standard InChI is InChI=1S/C19H20F3NO2S/c1-13(16-8-3-4-9-17(16)25-2)23-18(24)12-26-11-14-6-5-7-15(10-14)19(20,21)22/h3-10,13H,11-12H2,1-2H3,(H,23,24). The number of carbonyl (C=O) groups excluding carboxylic acids is 1. The highest BCUT2D eigenvalue weighted by atomic mass is 32.2. The first kappa shape index (κ1) is 20.2. The number of benzene rings is 2. The highest BCUT2D eigenvalue weighted by molar-refractivity contribution is 7.99. The molecule has 0 bridgehead atoms. The van der Waals surface area contributed by atoms with Crippen molar-refractivity contribution in [3.8, 4) is 5.75 Å². The van der Waals surface area contributed by atoms with Gasteiger partial charge in [-0.3, -0.25) is 4.79 Å². The number of ether oxygens (including phenoxy) is 1. The number of nitrogens with one attached hydrogen (secondary N) is 1. The second-order valence-electron chi connectivity index (χ2n) is 5.72. The van der Waals surface area contributed by atoms with Gasteiger partial charge in [0.25, 0.3) is 0 Å². The van der Waals surface area contributed by atoms with Crippen molar-refractivity contribution in [1.82, 2.24) is 5.32 Å². The third kappa shape index (κ3) is 5.69. The Balaban J connectivity index is 1.86.